The minimum atomic E-state index is -2.82. The highest BCUT2D eigenvalue weighted by Crippen LogP contribution is 1.95. The smallest absolute Gasteiger partial charge is 0.151 e. The van der Waals surface area contributed by atoms with E-state index in [1.165, 1.54) is 0 Å². The van der Waals surface area contributed by atoms with Gasteiger partial charge in [0.1, 0.15) is 0 Å². The van der Waals surface area contributed by atoms with Crippen LogP contribution in [-0.2, 0) is 9.84 Å². The molecule has 0 aromatic heterocycles. The largest absolute Gasteiger partial charge is 0.330 e. The van der Waals surface area contributed by atoms with Gasteiger partial charge in [-0.25, -0.2) is 8.42 Å². The zero-order valence-corrected chi connectivity index (χ0v) is 10.0. The number of sulfone groups is 1. The van der Waals surface area contributed by atoms with Crippen LogP contribution in [0.3, 0.4) is 0 Å². The van der Waals surface area contributed by atoms with Crippen molar-refractivity contribution < 1.29 is 8.42 Å². The molecule has 0 saturated carbocycles. The molecule has 4 nitrogen and oxygen atoms in total. The van der Waals surface area contributed by atoms with Gasteiger partial charge in [0.25, 0.3) is 0 Å². The SMILES string of the molecule is CCCS(=O)(=O)CCN(C)CCCN. The second-order valence-corrected chi connectivity index (χ2v) is 5.90. The molecule has 0 unspecified atom stereocenters. The summed E-state index contributed by atoms with van der Waals surface area (Å²) in [6.07, 6.45) is 1.62. The van der Waals surface area contributed by atoms with Crippen LogP contribution in [0.4, 0.5) is 0 Å². The molecule has 0 aromatic rings. The van der Waals surface area contributed by atoms with Crippen LogP contribution in [0.5, 0.6) is 0 Å². The van der Waals surface area contributed by atoms with Crippen molar-refractivity contribution in [2.45, 2.75) is 19.8 Å². The van der Waals surface area contributed by atoms with Gasteiger partial charge in [-0.2, -0.15) is 0 Å². The molecule has 2 N–H and O–H groups in total. The summed E-state index contributed by atoms with van der Waals surface area (Å²) in [5, 5.41) is 0. The lowest BCUT2D eigenvalue weighted by molar-refractivity contribution is 0.350. The number of hydrogen-bond acceptors (Lipinski definition) is 4. The molecule has 0 spiro atoms. The van der Waals surface area contributed by atoms with Crippen LogP contribution >= 0.6 is 0 Å². The predicted octanol–water partition coefficient (Wildman–Crippen LogP) is 0.0918. The van der Waals surface area contributed by atoms with Crippen molar-refractivity contribution in [2.75, 3.05) is 38.2 Å². The van der Waals surface area contributed by atoms with Crippen molar-refractivity contribution in [3.05, 3.63) is 0 Å². The van der Waals surface area contributed by atoms with Crippen molar-refractivity contribution in [3.63, 3.8) is 0 Å². The quantitative estimate of drug-likeness (QED) is 0.632. The molecule has 0 aromatic carbocycles. The Balaban J connectivity index is 3.70. The minimum Gasteiger partial charge on any atom is -0.330 e. The molecule has 14 heavy (non-hydrogen) atoms. The van der Waals surface area contributed by atoms with Crippen LogP contribution in [0.1, 0.15) is 19.8 Å². The highest BCUT2D eigenvalue weighted by molar-refractivity contribution is 7.91. The van der Waals surface area contributed by atoms with Crippen LogP contribution < -0.4 is 5.73 Å². The molecule has 0 amide bonds. The van der Waals surface area contributed by atoms with E-state index in [1.807, 2.05) is 18.9 Å². The van der Waals surface area contributed by atoms with E-state index in [1.54, 1.807) is 0 Å². The summed E-state index contributed by atoms with van der Waals surface area (Å²) in [4.78, 5) is 2.01. The molecule has 0 radical (unpaired) electrons. The monoisotopic (exact) mass is 222 g/mol. The van der Waals surface area contributed by atoms with Gasteiger partial charge in [-0.05, 0) is 33.0 Å². The molecule has 0 bridgehead atoms. The standard InChI is InChI=1S/C9H22N2O2S/c1-3-8-14(12,13)9-7-11(2)6-4-5-10/h3-10H2,1-2H3. The maximum absolute atomic E-state index is 11.4. The Morgan fingerprint density at radius 2 is 1.86 bits per heavy atom. The lowest BCUT2D eigenvalue weighted by Gasteiger charge is -2.15. The fraction of sp³-hybridized carbons (Fsp3) is 1.00. The van der Waals surface area contributed by atoms with Crippen LogP contribution in [-0.4, -0.2) is 51.5 Å². The average Bonchev–Trinajstić information content (AvgIpc) is 2.11. The van der Waals surface area contributed by atoms with E-state index in [4.69, 9.17) is 5.73 Å². The molecule has 86 valence electrons. The zero-order chi connectivity index (χ0) is 11.0. The summed E-state index contributed by atoms with van der Waals surface area (Å²) in [5.74, 6) is 0.569. The van der Waals surface area contributed by atoms with Gasteiger partial charge in [0.05, 0.1) is 5.75 Å². The lowest BCUT2D eigenvalue weighted by Crippen LogP contribution is -2.28. The van der Waals surface area contributed by atoms with Crippen molar-refractivity contribution in [1.29, 1.82) is 0 Å². The summed E-state index contributed by atoms with van der Waals surface area (Å²) in [7, 11) is -0.897. The van der Waals surface area contributed by atoms with Crippen molar-refractivity contribution in [1.82, 2.24) is 4.90 Å². The number of nitrogens with two attached hydrogens (primary N) is 1. The average molecular weight is 222 g/mol. The van der Waals surface area contributed by atoms with Gasteiger partial charge in [-0.15, -0.1) is 0 Å². The van der Waals surface area contributed by atoms with Crippen LogP contribution in [0.25, 0.3) is 0 Å². The Morgan fingerprint density at radius 3 is 2.36 bits per heavy atom. The number of hydrogen-bond donors (Lipinski definition) is 1. The normalized spacial score (nSPS) is 12.3. The molecule has 0 heterocycles. The highest BCUT2D eigenvalue weighted by atomic mass is 32.2. The maximum Gasteiger partial charge on any atom is 0.151 e. The van der Waals surface area contributed by atoms with Crippen molar-refractivity contribution in [3.8, 4) is 0 Å². The lowest BCUT2D eigenvalue weighted by atomic mass is 10.4. The van der Waals surface area contributed by atoms with Gasteiger partial charge in [-0.3, -0.25) is 0 Å². The molecule has 0 rings (SSSR count). The van der Waals surface area contributed by atoms with Gasteiger partial charge in [0, 0.05) is 12.3 Å². The predicted molar refractivity (Wildman–Crippen MR) is 60.1 cm³/mol. The number of rotatable bonds is 8. The third-order valence-electron chi connectivity index (χ3n) is 2.04. The molecule has 0 aliphatic rings. The van der Waals surface area contributed by atoms with Crippen molar-refractivity contribution >= 4 is 9.84 Å². The first-order valence-corrected chi connectivity index (χ1v) is 6.93. The fourth-order valence-corrected chi connectivity index (χ4v) is 2.60. The summed E-state index contributed by atoms with van der Waals surface area (Å²) < 4.78 is 22.7. The van der Waals surface area contributed by atoms with Gasteiger partial charge < -0.3 is 10.6 Å². The second-order valence-electron chi connectivity index (χ2n) is 3.60. The van der Waals surface area contributed by atoms with Crippen LogP contribution in [0, 0.1) is 0 Å². The molecule has 0 atom stereocenters. The molecule has 0 aliphatic carbocycles. The van der Waals surface area contributed by atoms with Crippen molar-refractivity contribution in [2.24, 2.45) is 5.73 Å². The van der Waals surface area contributed by atoms with Crippen LogP contribution in [0.15, 0.2) is 0 Å². The molecular formula is C9H22N2O2S. The van der Waals surface area contributed by atoms with Gasteiger partial charge >= 0.3 is 0 Å². The zero-order valence-electron chi connectivity index (χ0n) is 9.20. The molecule has 0 saturated heterocycles. The molecular weight excluding hydrogens is 200 g/mol. The Kier molecular flexibility index (Phi) is 7.13. The molecule has 0 aliphatic heterocycles. The van der Waals surface area contributed by atoms with Gasteiger partial charge in [0.2, 0.25) is 0 Å². The molecule has 5 heteroatoms. The first kappa shape index (κ1) is 13.9. The van der Waals surface area contributed by atoms with E-state index in [9.17, 15) is 8.42 Å². The third kappa shape index (κ3) is 7.29. The summed E-state index contributed by atoms with van der Waals surface area (Å²) in [5.41, 5.74) is 5.36. The third-order valence-corrected chi connectivity index (χ3v) is 3.88. The van der Waals surface area contributed by atoms with E-state index in [0.29, 0.717) is 25.3 Å². The van der Waals surface area contributed by atoms with E-state index < -0.39 is 9.84 Å². The first-order chi connectivity index (χ1) is 6.52. The van der Waals surface area contributed by atoms with E-state index >= 15 is 0 Å². The van der Waals surface area contributed by atoms with Crippen LogP contribution in [0.2, 0.25) is 0 Å². The second kappa shape index (κ2) is 7.20. The van der Waals surface area contributed by atoms with E-state index in [2.05, 4.69) is 0 Å². The topological polar surface area (TPSA) is 63.4 Å². The Bertz CT molecular complexity index is 227. The maximum atomic E-state index is 11.4. The Labute approximate surface area is 87.4 Å². The fourth-order valence-electron chi connectivity index (χ4n) is 1.18. The first-order valence-electron chi connectivity index (χ1n) is 5.11. The molecule has 0 fully saturated rings. The van der Waals surface area contributed by atoms with Gasteiger partial charge in [-0.1, -0.05) is 6.92 Å². The van der Waals surface area contributed by atoms with E-state index in [-0.39, 0.29) is 5.75 Å². The summed E-state index contributed by atoms with van der Waals surface area (Å²) >= 11 is 0. The summed E-state index contributed by atoms with van der Waals surface area (Å²) in [6.45, 7) is 4.03. The summed E-state index contributed by atoms with van der Waals surface area (Å²) in [6, 6.07) is 0. The number of nitrogens with zero attached hydrogens (tertiary/aromatic N) is 1. The minimum absolute atomic E-state index is 0.266. The van der Waals surface area contributed by atoms with E-state index in [0.717, 1.165) is 13.0 Å². The highest BCUT2D eigenvalue weighted by Gasteiger charge is 2.10. The Hall–Kier alpha value is -0.130. The van der Waals surface area contributed by atoms with Gasteiger partial charge in [0.15, 0.2) is 9.84 Å². The Morgan fingerprint density at radius 1 is 1.21 bits per heavy atom.